The molecule has 0 amide bonds. The molecule has 4 rings (SSSR count). The van der Waals surface area contributed by atoms with E-state index in [2.05, 4.69) is 0 Å². The third kappa shape index (κ3) is 5.21. The van der Waals surface area contributed by atoms with Crippen LogP contribution in [-0.2, 0) is 9.84 Å². The van der Waals surface area contributed by atoms with Crippen molar-refractivity contribution in [3.63, 3.8) is 0 Å². The number of likely N-dealkylation sites (tertiary alicyclic amines) is 1. The van der Waals surface area contributed by atoms with Crippen LogP contribution in [0.4, 0.5) is 13.2 Å². The Balaban J connectivity index is 1.12. The minimum Gasteiger partial charge on any atom is -0.494 e. The fraction of sp³-hybridized carbons (Fsp3) is 0.739. The summed E-state index contributed by atoms with van der Waals surface area (Å²) in [5.41, 5.74) is -1.05. The lowest BCUT2D eigenvalue weighted by atomic mass is 9.56. The minimum atomic E-state index is -4.05. The first-order chi connectivity index (χ1) is 14.5. The van der Waals surface area contributed by atoms with Crippen LogP contribution in [0.5, 0.6) is 5.75 Å². The molecule has 3 fully saturated rings. The third-order valence-electron chi connectivity index (χ3n) is 7.62. The molecular formula is C23H32F3NO3S. The molecule has 174 valence electrons. The van der Waals surface area contributed by atoms with Crippen LogP contribution in [-0.4, -0.2) is 52.0 Å². The number of benzene rings is 1. The van der Waals surface area contributed by atoms with Crippen LogP contribution in [0.3, 0.4) is 0 Å². The second-order valence-corrected chi connectivity index (χ2v) is 12.1. The van der Waals surface area contributed by atoms with Crippen LogP contribution in [0.15, 0.2) is 29.2 Å². The van der Waals surface area contributed by atoms with Gasteiger partial charge in [0.25, 0.3) is 0 Å². The molecule has 1 heterocycles. The summed E-state index contributed by atoms with van der Waals surface area (Å²) in [7, 11) is -3.19. The van der Waals surface area contributed by atoms with E-state index in [1.165, 1.54) is 19.1 Å². The molecule has 1 aromatic carbocycles. The number of rotatable bonds is 8. The first-order valence-electron chi connectivity index (χ1n) is 11.2. The molecule has 3 aliphatic rings. The van der Waals surface area contributed by atoms with Crippen LogP contribution in [0.25, 0.3) is 0 Å². The standard InChI is InChI=1S/C23H32F3NO3S/c1-31(28,29)20-6-4-19(5-7-20)30-14-2-3-18-15-21(16-18)10-12-27(13-11-21)17-22(8-9-22)23(24,25)26/h4-7,18H,2-3,8-17H2,1H3. The smallest absolute Gasteiger partial charge is 0.395 e. The number of hydrogen-bond acceptors (Lipinski definition) is 4. The van der Waals surface area contributed by atoms with Gasteiger partial charge in [0, 0.05) is 12.8 Å². The highest BCUT2D eigenvalue weighted by Gasteiger charge is 2.63. The van der Waals surface area contributed by atoms with Gasteiger partial charge in [-0.2, -0.15) is 13.2 Å². The molecule has 2 saturated carbocycles. The van der Waals surface area contributed by atoms with E-state index in [1.54, 1.807) is 24.3 Å². The second-order valence-electron chi connectivity index (χ2n) is 10.1. The Kier molecular flexibility index (Phi) is 6.09. The number of sulfone groups is 1. The molecule has 0 atom stereocenters. The summed E-state index contributed by atoms with van der Waals surface area (Å²) < 4.78 is 68.3. The lowest BCUT2D eigenvalue weighted by molar-refractivity contribution is -0.193. The molecule has 1 spiro atoms. The fourth-order valence-corrected chi connectivity index (χ4v) is 6.05. The molecule has 0 unspecified atom stereocenters. The lowest BCUT2D eigenvalue weighted by Crippen LogP contribution is -2.49. The van der Waals surface area contributed by atoms with E-state index in [0.29, 0.717) is 36.5 Å². The lowest BCUT2D eigenvalue weighted by Gasteiger charge is -2.53. The van der Waals surface area contributed by atoms with Crippen LogP contribution in [0, 0.1) is 16.7 Å². The van der Waals surface area contributed by atoms with Gasteiger partial charge in [0.2, 0.25) is 0 Å². The van der Waals surface area contributed by atoms with E-state index in [0.717, 1.165) is 38.8 Å². The van der Waals surface area contributed by atoms with Crippen molar-refractivity contribution < 1.29 is 26.3 Å². The molecule has 4 nitrogen and oxygen atoms in total. The van der Waals surface area contributed by atoms with Crippen molar-refractivity contribution >= 4 is 9.84 Å². The third-order valence-corrected chi connectivity index (χ3v) is 8.75. The molecule has 0 bridgehead atoms. The highest BCUT2D eigenvalue weighted by Crippen LogP contribution is 2.59. The van der Waals surface area contributed by atoms with Crippen molar-refractivity contribution in [2.75, 3.05) is 32.5 Å². The van der Waals surface area contributed by atoms with E-state index >= 15 is 0 Å². The average Bonchev–Trinajstić information content (AvgIpc) is 3.45. The Labute approximate surface area is 183 Å². The van der Waals surface area contributed by atoms with Gasteiger partial charge >= 0.3 is 6.18 Å². The molecule has 0 aromatic heterocycles. The first-order valence-corrected chi connectivity index (χ1v) is 13.1. The molecule has 1 saturated heterocycles. The number of piperidine rings is 1. The summed E-state index contributed by atoms with van der Waals surface area (Å²) in [6, 6.07) is 6.50. The summed E-state index contributed by atoms with van der Waals surface area (Å²) in [5, 5.41) is 0. The zero-order valence-corrected chi connectivity index (χ0v) is 18.9. The Morgan fingerprint density at radius 1 is 1.06 bits per heavy atom. The molecule has 8 heteroatoms. The van der Waals surface area contributed by atoms with Crippen molar-refractivity contribution in [3.05, 3.63) is 24.3 Å². The predicted molar refractivity (Wildman–Crippen MR) is 113 cm³/mol. The highest BCUT2D eigenvalue weighted by molar-refractivity contribution is 7.90. The molecular weight excluding hydrogens is 427 g/mol. The summed E-state index contributed by atoms with van der Waals surface area (Å²) in [6.45, 7) is 2.40. The van der Waals surface area contributed by atoms with Crippen molar-refractivity contribution in [1.82, 2.24) is 4.90 Å². The number of hydrogen-bond donors (Lipinski definition) is 0. The number of nitrogens with zero attached hydrogens (tertiary/aromatic N) is 1. The molecule has 1 aromatic rings. The first kappa shape index (κ1) is 22.9. The van der Waals surface area contributed by atoms with Crippen molar-refractivity contribution in [3.8, 4) is 5.75 Å². The van der Waals surface area contributed by atoms with E-state index in [4.69, 9.17) is 4.74 Å². The number of ether oxygens (including phenoxy) is 1. The minimum absolute atomic E-state index is 0.193. The second kappa shape index (κ2) is 8.25. The Bertz CT molecular complexity index is 862. The Hall–Kier alpha value is -1.28. The monoisotopic (exact) mass is 459 g/mol. The quantitative estimate of drug-likeness (QED) is 0.509. The maximum Gasteiger partial charge on any atom is 0.395 e. The predicted octanol–water partition coefficient (Wildman–Crippen LogP) is 5.08. The van der Waals surface area contributed by atoms with Gasteiger partial charge in [-0.05, 0) is 100 Å². The average molecular weight is 460 g/mol. The summed E-state index contributed by atoms with van der Waals surface area (Å²) in [4.78, 5) is 2.33. The van der Waals surface area contributed by atoms with Gasteiger partial charge in [0.1, 0.15) is 5.75 Å². The summed E-state index contributed by atoms with van der Waals surface area (Å²) in [5.74, 6) is 1.37. The van der Waals surface area contributed by atoms with Crippen molar-refractivity contribution in [2.24, 2.45) is 16.7 Å². The summed E-state index contributed by atoms with van der Waals surface area (Å²) >= 11 is 0. The van der Waals surface area contributed by atoms with E-state index in [9.17, 15) is 21.6 Å². The zero-order chi connectivity index (χ0) is 22.3. The van der Waals surface area contributed by atoms with Crippen LogP contribution in [0.2, 0.25) is 0 Å². The SMILES string of the molecule is CS(=O)(=O)c1ccc(OCCCC2CC3(CCN(CC4(C(F)(F)F)CC4)CC3)C2)cc1. The highest BCUT2D eigenvalue weighted by atomic mass is 32.2. The van der Waals surface area contributed by atoms with Crippen molar-refractivity contribution in [2.45, 2.75) is 62.4 Å². The zero-order valence-electron chi connectivity index (χ0n) is 18.1. The largest absolute Gasteiger partial charge is 0.494 e. The van der Waals surface area contributed by atoms with E-state index in [1.807, 2.05) is 4.90 Å². The van der Waals surface area contributed by atoms with Gasteiger partial charge in [-0.15, -0.1) is 0 Å². The van der Waals surface area contributed by atoms with Crippen LogP contribution < -0.4 is 4.74 Å². The van der Waals surface area contributed by atoms with Gasteiger partial charge in [0.15, 0.2) is 9.84 Å². The Morgan fingerprint density at radius 3 is 2.19 bits per heavy atom. The van der Waals surface area contributed by atoms with Gasteiger partial charge in [-0.1, -0.05) is 0 Å². The van der Waals surface area contributed by atoms with Gasteiger partial charge < -0.3 is 9.64 Å². The normalized spacial score (nSPS) is 23.5. The fourth-order valence-electron chi connectivity index (χ4n) is 5.42. The van der Waals surface area contributed by atoms with Gasteiger partial charge in [0.05, 0.1) is 16.9 Å². The van der Waals surface area contributed by atoms with Crippen molar-refractivity contribution in [1.29, 1.82) is 0 Å². The number of alkyl halides is 3. The summed E-state index contributed by atoms with van der Waals surface area (Å²) in [6.07, 6.45) is 4.21. The van der Waals surface area contributed by atoms with E-state index < -0.39 is 21.4 Å². The maximum absolute atomic E-state index is 13.2. The molecule has 0 radical (unpaired) electrons. The van der Waals surface area contributed by atoms with Crippen LogP contribution in [0.1, 0.15) is 51.4 Å². The van der Waals surface area contributed by atoms with Gasteiger partial charge in [-0.3, -0.25) is 0 Å². The molecule has 2 aliphatic carbocycles. The van der Waals surface area contributed by atoms with Crippen LogP contribution >= 0.6 is 0 Å². The Morgan fingerprint density at radius 2 is 1.68 bits per heavy atom. The molecule has 0 N–H and O–H groups in total. The maximum atomic E-state index is 13.2. The number of halogens is 3. The molecule has 31 heavy (non-hydrogen) atoms. The van der Waals surface area contributed by atoms with E-state index in [-0.39, 0.29) is 11.4 Å². The topological polar surface area (TPSA) is 46.6 Å². The van der Waals surface area contributed by atoms with Gasteiger partial charge in [-0.25, -0.2) is 8.42 Å². The molecule has 1 aliphatic heterocycles.